The zero-order valence-electron chi connectivity index (χ0n) is 16.0. The third-order valence-electron chi connectivity index (χ3n) is 3.38. The first-order chi connectivity index (χ1) is 11.7. The summed E-state index contributed by atoms with van der Waals surface area (Å²) < 4.78 is 10.3. The third kappa shape index (κ3) is 7.13. The van der Waals surface area contributed by atoms with E-state index in [0.29, 0.717) is 13.0 Å². The summed E-state index contributed by atoms with van der Waals surface area (Å²) in [5.41, 5.74) is 3.15. The van der Waals surface area contributed by atoms with Gasteiger partial charge in [-0.2, -0.15) is 5.10 Å². The van der Waals surface area contributed by atoms with E-state index < -0.39 is 23.7 Å². The summed E-state index contributed by atoms with van der Waals surface area (Å²) in [7, 11) is 1.31. The van der Waals surface area contributed by atoms with E-state index in [1.165, 1.54) is 12.0 Å². The first-order valence-corrected chi connectivity index (χ1v) is 8.46. The van der Waals surface area contributed by atoms with Gasteiger partial charge < -0.3 is 9.47 Å². The standard InChI is InChI=1S/C17H30N4O4/c1-7-10-21(16(23)25-17(3,4)5)13(15(22)24-6)11-18-14-9-8-12(2)19-20-14/h8-9,13-14,18,20H,7,10-11H2,1-6H3/t13-,14?/m0/s1. The average molecular weight is 354 g/mol. The number of methoxy groups -OCH3 is 1. The molecule has 0 bridgehead atoms. The topological polar surface area (TPSA) is 92.3 Å². The van der Waals surface area contributed by atoms with Crippen molar-refractivity contribution in [3.63, 3.8) is 0 Å². The van der Waals surface area contributed by atoms with E-state index in [0.717, 1.165) is 5.71 Å². The molecular formula is C17H30N4O4. The number of nitrogens with one attached hydrogen (secondary N) is 2. The Morgan fingerprint density at radius 3 is 2.60 bits per heavy atom. The Hall–Kier alpha value is -2.09. The number of ether oxygens (including phenoxy) is 2. The zero-order valence-corrected chi connectivity index (χ0v) is 16.0. The molecule has 8 nitrogen and oxygen atoms in total. The SMILES string of the molecule is CCCN(C(=O)OC(C)(C)C)[C@@H](CNC1C=CC(C)=NN1)C(=O)OC. The highest BCUT2D eigenvalue weighted by Gasteiger charge is 2.33. The summed E-state index contributed by atoms with van der Waals surface area (Å²) in [5.74, 6) is -0.494. The number of carbonyl (C=O) groups is 2. The Kier molecular flexibility index (Phi) is 7.89. The van der Waals surface area contributed by atoms with Crippen LogP contribution in [0.3, 0.4) is 0 Å². The van der Waals surface area contributed by atoms with E-state index in [9.17, 15) is 9.59 Å². The van der Waals surface area contributed by atoms with Gasteiger partial charge in [0, 0.05) is 13.1 Å². The van der Waals surface area contributed by atoms with Crippen LogP contribution in [0.25, 0.3) is 0 Å². The molecule has 1 aliphatic heterocycles. The number of carbonyl (C=O) groups excluding carboxylic acids is 2. The van der Waals surface area contributed by atoms with Crippen molar-refractivity contribution in [2.75, 3.05) is 20.2 Å². The molecule has 0 radical (unpaired) electrons. The van der Waals surface area contributed by atoms with Crippen LogP contribution < -0.4 is 10.7 Å². The smallest absolute Gasteiger partial charge is 0.411 e. The number of nitrogens with zero attached hydrogens (tertiary/aromatic N) is 2. The lowest BCUT2D eigenvalue weighted by molar-refractivity contribution is -0.146. The number of rotatable bonds is 7. The molecule has 0 spiro atoms. The van der Waals surface area contributed by atoms with E-state index in [2.05, 4.69) is 15.8 Å². The Morgan fingerprint density at radius 1 is 1.44 bits per heavy atom. The highest BCUT2D eigenvalue weighted by atomic mass is 16.6. The molecule has 1 unspecified atom stereocenters. The molecule has 1 amide bonds. The van der Waals surface area contributed by atoms with Gasteiger partial charge in [0.15, 0.2) is 0 Å². The summed E-state index contributed by atoms with van der Waals surface area (Å²) in [6.07, 6.45) is 3.70. The second-order valence-corrected chi connectivity index (χ2v) is 6.84. The summed E-state index contributed by atoms with van der Waals surface area (Å²) in [5, 5.41) is 7.27. The van der Waals surface area contributed by atoms with Crippen molar-refractivity contribution < 1.29 is 19.1 Å². The van der Waals surface area contributed by atoms with Crippen LogP contribution in [0.1, 0.15) is 41.0 Å². The van der Waals surface area contributed by atoms with Gasteiger partial charge >= 0.3 is 12.1 Å². The average Bonchev–Trinajstić information content (AvgIpc) is 2.53. The number of hydrazone groups is 1. The predicted molar refractivity (Wildman–Crippen MR) is 96.2 cm³/mol. The second kappa shape index (κ2) is 9.41. The quantitative estimate of drug-likeness (QED) is 0.675. The lowest BCUT2D eigenvalue weighted by Crippen LogP contribution is -2.55. The molecule has 1 rings (SSSR count). The Bertz CT molecular complexity index is 525. The molecule has 2 atom stereocenters. The van der Waals surface area contributed by atoms with Crippen molar-refractivity contribution in [2.45, 2.75) is 58.8 Å². The maximum Gasteiger partial charge on any atom is 0.411 e. The summed E-state index contributed by atoms with van der Waals surface area (Å²) >= 11 is 0. The minimum atomic E-state index is -0.790. The normalized spacial score (nSPS) is 18.0. The lowest BCUT2D eigenvalue weighted by Gasteiger charge is -2.32. The van der Waals surface area contributed by atoms with Crippen LogP contribution >= 0.6 is 0 Å². The van der Waals surface area contributed by atoms with E-state index in [-0.39, 0.29) is 12.7 Å². The molecule has 0 saturated carbocycles. The fraction of sp³-hybridized carbons (Fsp3) is 0.706. The second-order valence-electron chi connectivity index (χ2n) is 6.84. The number of hydrogen-bond acceptors (Lipinski definition) is 7. The van der Waals surface area contributed by atoms with Gasteiger partial charge in [0.2, 0.25) is 0 Å². The van der Waals surface area contributed by atoms with E-state index in [4.69, 9.17) is 9.47 Å². The van der Waals surface area contributed by atoms with Gasteiger partial charge in [-0.15, -0.1) is 0 Å². The third-order valence-corrected chi connectivity index (χ3v) is 3.38. The maximum absolute atomic E-state index is 12.5. The zero-order chi connectivity index (χ0) is 19.0. The summed E-state index contributed by atoms with van der Waals surface area (Å²) in [6, 6.07) is -0.790. The summed E-state index contributed by atoms with van der Waals surface area (Å²) in [6.45, 7) is 9.78. The van der Waals surface area contributed by atoms with Gasteiger partial charge in [0.25, 0.3) is 0 Å². The first-order valence-electron chi connectivity index (χ1n) is 8.46. The van der Waals surface area contributed by atoms with Crippen LogP contribution in [0, 0.1) is 0 Å². The van der Waals surface area contributed by atoms with E-state index >= 15 is 0 Å². The number of allylic oxidation sites excluding steroid dienone is 1. The first kappa shape index (κ1) is 21.0. The molecule has 142 valence electrons. The van der Waals surface area contributed by atoms with Crippen LogP contribution in [0.15, 0.2) is 17.3 Å². The molecule has 8 heteroatoms. The molecule has 2 N–H and O–H groups in total. The van der Waals surface area contributed by atoms with Gasteiger partial charge in [-0.3, -0.25) is 15.6 Å². The molecule has 1 aliphatic rings. The van der Waals surface area contributed by atoms with Crippen molar-refractivity contribution in [3.05, 3.63) is 12.2 Å². The van der Waals surface area contributed by atoms with Crippen molar-refractivity contribution in [3.8, 4) is 0 Å². The molecule has 1 heterocycles. The van der Waals surface area contributed by atoms with Gasteiger partial charge in [-0.1, -0.05) is 6.92 Å². The number of amides is 1. The van der Waals surface area contributed by atoms with Gasteiger partial charge in [0.05, 0.1) is 12.8 Å². The largest absolute Gasteiger partial charge is 0.467 e. The highest BCUT2D eigenvalue weighted by Crippen LogP contribution is 2.13. The Balaban J connectivity index is 2.83. The van der Waals surface area contributed by atoms with Crippen LogP contribution in [0.2, 0.25) is 0 Å². The van der Waals surface area contributed by atoms with Crippen molar-refractivity contribution in [1.82, 2.24) is 15.6 Å². The molecule has 0 aromatic rings. The monoisotopic (exact) mass is 354 g/mol. The molecule has 0 saturated heterocycles. The van der Waals surface area contributed by atoms with Crippen LogP contribution in [0.4, 0.5) is 4.79 Å². The molecule has 0 fully saturated rings. The number of esters is 1. The fourth-order valence-electron chi connectivity index (χ4n) is 2.23. The van der Waals surface area contributed by atoms with Crippen molar-refractivity contribution in [2.24, 2.45) is 5.10 Å². The molecule has 25 heavy (non-hydrogen) atoms. The lowest BCUT2D eigenvalue weighted by atomic mass is 10.2. The van der Waals surface area contributed by atoms with Crippen LogP contribution in [-0.4, -0.2) is 60.7 Å². The molecule has 0 aliphatic carbocycles. The predicted octanol–water partition coefficient (Wildman–Crippen LogP) is 1.63. The number of hydrogen-bond donors (Lipinski definition) is 2. The Morgan fingerprint density at radius 2 is 2.12 bits per heavy atom. The minimum Gasteiger partial charge on any atom is -0.467 e. The highest BCUT2D eigenvalue weighted by molar-refractivity contribution is 5.93. The Labute approximate surface area is 149 Å². The molecular weight excluding hydrogens is 324 g/mol. The van der Waals surface area contributed by atoms with Crippen LogP contribution in [-0.2, 0) is 14.3 Å². The van der Waals surface area contributed by atoms with Crippen molar-refractivity contribution in [1.29, 1.82) is 0 Å². The van der Waals surface area contributed by atoms with E-state index in [1.807, 2.05) is 26.0 Å². The summed E-state index contributed by atoms with van der Waals surface area (Å²) in [4.78, 5) is 26.2. The van der Waals surface area contributed by atoms with E-state index in [1.54, 1.807) is 20.8 Å². The van der Waals surface area contributed by atoms with Gasteiger partial charge in [-0.25, -0.2) is 9.59 Å². The minimum absolute atomic E-state index is 0.211. The maximum atomic E-state index is 12.5. The van der Waals surface area contributed by atoms with Crippen molar-refractivity contribution >= 4 is 17.8 Å². The van der Waals surface area contributed by atoms with Gasteiger partial charge in [-0.05, 0) is 46.3 Å². The van der Waals surface area contributed by atoms with Crippen LogP contribution in [0.5, 0.6) is 0 Å². The fourth-order valence-corrected chi connectivity index (χ4v) is 2.23. The molecule has 0 aromatic heterocycles. The molecule has 0 aromatic carbocycles. The van der Waals surface area contributed by atoms with Gasteiger partial charge in [0.1, 0.15) is 17.8 Å².